The molecular formula is C46H71N7O8S. The maximum absolute atomic E-state index is 14.3. The first kappa shape index (κ1) is 51.6. The molecule has 0 radical (unpaired) electrons. The molecule has 1 aromatic heterocycles. The quantitative estimate of drug-likeness (QED) is 0.0568. The minimum atomic E-state index is -0.953. The number of unbranched alkanes of at least 4 members (excludes halogenated alkanes) is 2. The average molecular weight is 882 g/mol. The van der Waals surface area contributed by atoms with Gasteiger partial charge in [0.15, 0.2) is 0 Å². The van der Waals surface area contributed by atoms with E-state index in [0.717, 1.165) is 27.8 Å². The van der Waals surface area contributed by atoms with E-state index < -0.39 is 40.2 Å². The van der Waals surface area contributed by atoms with Crippen LogP contribution in [-0.2, 0) is 46.0 Å². The molecule has 1 aliphatic rings. The van der Waals surface area contributed by atoms with E-state index in [1.807, 2.05) is 73.7 Å². The van der Waals surface area contributed by atoms with Crippen LogP contribution in [0.2, 0.25) is 0 Å². The van der Waals surface area contributed by atoms with E-state index >= 15 is 0 Å². The van der Waals surface area contributed by atoms with Crippen LogP contribution in [0.4, 0.5) is 0 Å². The van der Waals surface area contributed by atoms with Gasteiger partial charge in [0.25, 0.3) is 0 Å². The lowest BCUT2D eigenvalue weighted by molar-refractivity contribution is -0.141. The van der Waals surface area contributed by atoms with Gasteiger partial charge in [0, 0.05) is 80.4 Å². The number of benzene rings is 1. The molecule has 0 aliphatic carbocycles. The summed E-state index contributed by atoms with van der Waals surface area (Å²) >= 11 is 1.18. The van der Waals surface area contributed by atoms with Gasteiger partial charge in [0.1, 0.15) is 6.04 Å². The minimum absolute atomic E-state index is 0.0351. The van der Waals surface area contributed by atoms with Crippen LogP contribution in [0.25, 0.3) is 10.9 Å². The highest BCUT2D eigenvalue weighted by Gasteiger charge is 2.43. The molecule has 2 aromatic rings. The highest BCUT2D eigenvalue weighted by molar-refractivity contribution is 8.00. The number of aliphatic carboxylic acids is 1. The number of hydrogen-bond donors (Lipinski definition) is 5. The van der Waals surface area contributed by atoms with Crippen LogP contribution < -0.4 is 21.3 Å². The van der Waals surface area contributed by atoms with Gasteiger partial charge in [-0.1, -0.05) is 72.7 Å². The molecule has 1 aliphatic heterocycles. The van der Waals surface area contributed by atoms with Crippen molar-refractivity contribution in [1.82, 2.24) is 35.6 Å². The lowest BCUT2D eigenvalue weighted by Crippen LogP contribution is -2.61. The number of hydrogen-bond acceptors (Lipinski definition) is 9. The number of amides is 6. The molecule has 0 saturated carbocycles. The van der Waals surface area contributed by atoms with Crippen molar-refractivity contribution < 1.29 is 38.7 Å². The molecule has 1 saturated heterocycles. The van der Waals surface area contributed by atoms with Crippen LogP contribution >= 0.6 is 11.8 Å². The highest BCUT2D eigenvalue weighted by atomic mass is 32.2. The average Bonchev–Trinajstić information content (AvgIpc) is 3.68. The predicted octanol–water partition coefficient (Wildman–Crippen LogP) is 4.52. The SMILES string of the molecule is CN[C@H](C(=O)N[C@H](C(=O)N(C)C(/C=C(\C)C(=O)NCCCCCNC(=O)CCCN1C(=O)CC(SCCC(=O)O)C1=O)C(C)C)C(C)(C)C)C(C)(C)c1cn(C)c2ccccc12. The number of nitrogens with one attached hydrogen (secondary N) is 4. The van der Waals surface area contributed by atoms with E-state index in [0.29, 0.717) is 37.9 Å². The van der Waals surface area contributed by atoms with Gasteiger partial charge in [-0.3, -0.25) is 38.5 Å². The number of rotatable bonds is 24. The number of para-hydroxylation sites is 1. The monoisotopic (exact) mass is 882 g/mol. The third-order valence-electron chi connectivity index (χ3n) is 11.6. The molecule has 6 amide bonds. The Morgan fingerprint density at radius 1 is 0.952 bits per heavy atom. The third kappa shape index (κ3) is 13.9. The summed E-state index contributed by atoms with van der Waals surface area (Å²) in [6.07, 6.45) is 6.52. The number of nitrogens with zero attached hydrogens (tertiary/aromatic N) is 3. The number of thioether (sulfide) groups is 1. The number of carbonyl (C=O) groups is 7. The van der Waals surface area contributed by atoms with Gasteiger partial charge in [-0.2, -0.15) is 0 Å². The first-order valence-corrected chi connectivity index (χ1v) is 22.8. The maximum atomic E-state index is 14.3. The molecule has 1 fully saturated rings. The first-order chi connectivity index (χ1) is 29.0. The van der Waals surface area contributed by atoms with Gasteiger partial charge in [0.2, 0.25) is 35.4 Å². The molecule has 5 N–H and O–H groups in total. The fourth-order valence-electron chi connectivity index (χ4n) is 7.93. The Bertz CT molecular complexity index is 1950. The molecule has 0 bridgehead atoms. The number of likely N-dealkylation sites (N-methyl/N-ethyl adjacent to an activating group) is 2. The fraction of sp³-hybridized carbons (Fsp3) is 0.630. The van der Waals surface area contributed by atoms with Crippen molar-refractivity contribution in [2.75, 3.05) is 39.5 Å². The zero-order chi connectivity index (χ0) is 46.5. The Morgan fingerprint density at radius 3 is 2.21 bits per heavy atom. The van der Waals surface area contributed by atoms with Crippen molar-refractivity contribution in [2.24, 2.45) is 18.4 Å². The minimum Gasteiger partial charge on any atom is -0.481 e. The van der Waals surface area contributed by atoms with E-state index in [9.17, 15) is 33.6 Å². The summed E-state index contributed by atoms with van der Waals surface area (Å²) in [7, 11) is 5.46. The van der Waals surface area contributed by atoms with E-state index in [-0.39, 0.29) is 72.9 Å². The van der Waals surface area contributed by atoms with E-state index in [4.69, 9.17) is 5.11 Å². The summed E-state index contributed by atoms with van der Waals surface area (Å²) in [5, 5.41) is 21.5. The summed E-state index contributed by atoms with van der Waals surface area (Å²) in [6.45, 7) is 16.6. The van der Waals surface area contributed by atoms with Gasteiger partial charge in [-0.15, -0.1) is 11.8 Å². The van der Waals surface area contributed by atoms with E-state index in [1.165, 1.54) is 11.8 Å². The zero-order valence-corrected chi connectivity index (χ0v) is 39.5. The van der Waals surface area contributed by atoms with E-state index in [2.05, 4.69) is 44.2 Å². The van der Waals surface area contributed by atoms with Crippen molar-refractivity contribution in [3.63, 3.8) is 0 Å². The van der Waals surface area contributed by atoms with E-state index in [1.54, 1.807) is 25.9 Å². The summed E-state index contributed by atoms with van der Waals surface area (Å²) in [5.41, 5.74) is 1.30. The molecule has 2 heterocycles. The molecule has 62 heavy (non-hydrogen) atoms. The number of aryl methyl sites for hydroxylation is 1. The highest BCUT2D eigenvalue weighted by Crippen LogP contribution is 2.35. The zero-order valence-electron chi connectivity index (χ0n) is 38.7. The molecule has 344 valence electrons. The largest absolute Gasteiger partial charge is 0.481 e. The van der Waals surface area contributed by atoms with Gasteiger partial charge in [-0.25, -0.2) is 0 Å². The summed E-state index contributed by atoms with van der Waals surface area (Å²) < 4.78 is 2.06. The Balaban J connectivity index is 1.48. The molecule has 3 rings (SSSR count). The standard InChI is InChI=1S/C46H71N7O8S/c1-29(2)34(52(11)44(61)40(45(4,5)6)50-42(59)39(47-9)46(7,8)32-28-51(10)33-19-14-13-18-31(32)33)26-30(3)41(58)49-23-16-12-15-22-48-36(54)20-17-24-53-37(55)27-35(43(53)60)62-25-21-38(56)57/h13-14,18-19,26,28-29,34-35,39-40,47H,12,15-17,20-25,27H2,1-11H3,(H,48,54)(H,49,58)(H,50,59)(H,56,57)/b30-26+/t34?,35?,39-,40-/m1/s1. The Kier molecular flexibility index (Phi) is 19.3. The second-order valence-electron chi connectivity index (χ2n) is 18.3. The van der Waals surface area contributed by atoms with Crippen LogP contribution in [0.15, 0.2) is 42.1 Å². The topological polar surface area (TPSA) is 199 Å². The van der Waals surface area contributed by atoms with Crippen LogP contribution in [0, 0.1) is 11.3 Å². The Labute approximate surface area is 371 Å². The Hall–Kier alpha value is -4.70. The number of carboxylic acid groups (broad SMARTS) is 1. The molecule has 0 spiro atoms. The number of imide groups is 1. The Morgan fingerprint density at radius 2 is 1.60 bits per heavy atom. The van der Waals surface area contributed by atoms with Gasteiger partial charge in [0.05, 0.1) is 23.8 Å². The smallest absolute Gasteiger partial charge is 0.304 e. The molecule has 15 nitrogen and oxygen atoms in total. The molecule has 4 atom stereocenters. The van der Waals surface area contributed by atoms with Crippen LogP contribution in [0.5, 0.6) is 0 Å². The summed E-state index contributed by atoms with van der Waals surface area (Å²) in [6, 6.07) is 6.17. The predicted molar refractivity (Wildman–Crippen MR) is 244 cm³/mol. The molecule has 2 unspecified atom stereocenters. The number of fused-ring (bicyclic) bond motifs is 1. The van der Waals surface area contributed by atoms with Crippen molar-refractivity contribution in [1.29, 1.82) is 0 Å². The number of aromatic nitrogens is 1. The lowest BCUT2D eigenvalue weighted by Gasteiger charge is -2.39. The summed E-state index contributed by atoms with van der Waals surface area (Å²) in [5.74, 6) is -2.30. The van der Waals surface area contributed by atoms with Crippen molar-refractivity contribution >= 4 is 64.1 Å². The second kappa shape index (κ2) is 23.1. The maximum Gasteiger partial charge on any atom is 0.304 e. The normalized spacial score (nSPS) is 16.4. The molecular weight excluding hydrogens is 811 g/mol. The van der Waals surface area contributed by atoms with Crippen LogP contribution in [-0.4, -0.2) is 124 Å². The number of carboxylic acids is 1. The number of carbonyl (C=O) groups excluding carboxylic acids is 6. The lowest BCUT2D eigenvalue weighted by atomic mass is 9.76. The van der Waals surface area contributed by atoms with Gasteiger partial charge in [-0.05, 0) is 62.6 Å². The van der Waals surface area contributed by atoms with Gasteiger partial charge < -0.3 is 35.8 Å². The third-order valence-corrected chi connectivity index (χ3v) is 12.8. The fourth-order valence-corrected chi connectivity index (χ4v) is 9.03. The first-order valence-electron chi connectivity index (χ1n) is 21.7. The van der Waals surface area contributed by atoms with Crippen LogP contribution in [0.1, 0.15) is 106 Å². The second-order valence-corrected chi connectivity index (χ2v) is 19.6. The van der Waals surface area contributed by atoms with Crippen LogP contribution in [0.3, 0.4) is 0 Å². The molecule has 1 aromatic carbocycles. The van der Waals surface area contributed by atoms with Gasteiger partial charge >= 0.3 is 5.97 Å². The summed E-state index contributed by atoms with van der Waals surface area (Å²) in [4.78, 5) is 92.4. The number of likely N-dealkylation sites (tertiary alicyclic amines) is 1. The van der Waals surface area contributed by atoms with Crippen molar-refractivity contribution in [2.45, 2.75) is 129 Å². The molecule has 16 heteroatoms. The van der Waals surface area contributed by atoms with Crippen molar-refractivity contribution in [3.05, 3.63) is 47.7 Å². The van der Waals surface area contributed by atoms with Crippen molar-refractivity contribution in [3.8, 4) is 0 Å².